The molecule has 0 spiro atoms. The summed E-state index contributed by atoms with van der Waals surface area (Å²) in [5.41, 5.74) is 7.44. The van der Waals surface area contributed by atoms with Gasteiger partial charge >= 0.3 is 0 Å². The summed E-state index contributed by atoms with van der Waals surface area (Å²) in [6, 6.07) is 17.5. The van der Waals surface area contributed by atoms with Gasteiger partial charge in [-0.2, -0.15) is 0 Å². The van der Waals surface area contributed by atoms with Crippen LogP contribution in [0.5, 0.6) is 0 Å². The van der Waals surface area contributed by atoms with E-state index in [-0.39, 0.29) is 5.56 Å². The van der Waals surface area contributed by atoms with E-state index in [1.54, 1.807) is 18.0 Å². The Labute approximate surface area is 142 Å². The highest BCUT2D eigenvalue weighted by Crippen LogP contribution is 2.50. The molecule has 24 heavy (non-hydrogen) atoms. The summed E-state index contributed by atoms with van der Waals surface area (Å²) in [6.07, 6.45) is 1.60. The number of hydrogen-bond acceptors (Lipinski definition) is 4. The summed E-state index contributed by atoms with van der Waals surface area (Å²) >= 11 is 1.69. The maximum absolute atomic E-state index is 11.8. The molecule has 2 heterocycles. The van der Waals surface area contributed by atoms with Gasteiger partial charge in [-0.15, -0.1) is 0 Å². The molecule has 1 amide bonds. The van der Waals surface area contributed by atoms with Crippen LogP contribution in [0.3, 0.4) is 0 Å². The number of amides is 1. The van der Waals surface area contributed by atoms with Gasteiger partial charge in [0.25, 0.3) is 11.5 Å². The van der Waals surface area contributed by atoms with Crippen molar-refractivity contribution in [2.24, 2.45) is 5.73 Å². The fourth-order valence-electron chi connectivity index (χ4n) is 2.77. The lowest BCUT2D eigenvalue weighted by Gasteiger charge is -2.32. The number of fused-ring (bicyclic) bond motifs is 2. The largest absolute Gasteiger partial charge is 0.365 e. The van der Waals surface area contributed by atoms with Crippen molar-refractivity contribution in [2.45, 2.75) is 9.79 Å². The van der Waals surface area contributed by atoms with E-state index in [9.17, 15) is 9.59 Å². The molecule has 5 nitrogen and oxygen atoms in total. The van der Waals surface area contributed by atoms with Crippen molar-refractivity contribution in [3.8, 4) is 0 Å². The van der Waals surface area contributed by atoms with E-state index in [4.69, 9.17) is 5.73 Å². The summed E-state index contributed by atoms with van der Waals surface area (Å²) in [6.45, 7) is 0. The molecule has 3 aromatic rings. The number of nitrogens with zero attached hydrogens (tertiary/aromatic N) is 1. The van der Waals surface area contributed by atoms with Gasteiger partial charge in [-0.1, -0.05) is 36.0 Å². The molecular weight excluding hydrogens is 322 g/mol. The number of nitrogens with one attached hydrogen (secondary N) is 1. The minimum Gasteiger partial charge on any atom is -0.365 e. The SMILES string of the molecule is NC(=O)c1cc(N2c3ccccc3Sc3ccccc32)c[nH]c1=O. The number of carbonyl (C=O) groups excluding carboxylic acids is 1. The molecule has 1 aliphatic rings. The van der Waals surface area contributed by atoms with E-state index in [1.165, 1.54) is 6.07 Å². The lowest BCUT2D eigenvalue weighted by Crippen LogP contribution is -2.25. The second-order valence-corrected chi connectivity index (χ2v) is 6.42. The average Bonchev–Trinajstić information content (AvgIpc) is 2.60. The third-order valence-electron chi connectivity index (χ3n) is 3.84. The topological polar surface area (TPSA) is 79.2 Å². The number of H-pyrrole nitrogens is 1. The molecule has 0 bridgehead atoms. The van der Waals surface area contributed by atoms with Crippen molar-refractivity contribution in [1.82, 2.24) is 4.98 Å². The number of hydrogen-bond donors (Lipinski definition) is 2. The predicted octanol–water partition coefficient (Wildman–Crippen LogP) is 3.41. The van der Waals surface area contributed by atoms with E-state index in [1.807, 2.05) is 53.4 Å². The first kappa shape index (κ1) is 14.6. The molecule has 1 aromatic heterocycles. The van der Waals surface area contributed by atoms with Crippen molar-refractivity contribution < 1.29 is 4.79 Å². The summed E-state index contributed by atoms with van der Waals surface area (Å²) in [5, 5.41) is 0. The molecular formula is C18H13N3O2S. The van der Waals surface area contributed by atoms with Gasteiger partial charge in [-0.25, -0.2) is 0 Å². The van der Waals surface area contributed by atoms with Gasteiger partial charge in [-0.3, -0.25) is 9.59 Å². The monoisotopic (exact) mass is 335 g/mol. The second kappa shape index (κ2) is 5.58. The van der Waals surface area contributed by atoms with Crippen LogP contribution in [-0.2, 0) is 0 Å². The lowest BCUT2D eigenvalue weighted by molar-refractivity contribution is 0.0999. The zero-order valence-corrected chi connectivity index (χ0v) is 13.3. The first-order chi connectivity index (χ1) is 11.6. The van der Waals surface area contributed by atoms with Crippen LogP contribution < -0.4 is 16.2 Å². The molecule has 0 saturated carbocycles. The fraction of sp³-hybridized carbons (Fsp3) is 0. The highest BCUT2D eigenvalue weighted by atomic mass is 32.2. The summed E-state index contributed by atoms with van der Waals surface area (Å²) in [5.74, 6) is -0.744. The van der Waals surface area contributed by atoms with Crippen molar-refractivity contribution in [1.29, 1.82) is 0 Å². The van der Waals surface area contributed by atoms with Crippen LogP contribution in [0.4, 0.5) is 17.1 Å². The minimum atomic E-state index is -0.744. The highest BCUT2D eigenvalue weighted by Gasteiger charge is 2.25. The number of benzene rings is 2. The molecule has 0 unspecified atom stereocenters. The van der Waals surface area contributed by atoms with E-state index < -0.39 is 11.5 Å². The van der Waals surface area contributed by atoms with E-state index in [2.05, 4.69) is 4.98 Å². The molecule has 118 valence electrons. The molecule has 0 aliphatic carbocycles. The van der Waals surface area contributed by atoms with Gasteiger partial charge in [0.15, 0.2) is 0 Å². The Bertz CT molecular complexity index is 967. The molecule has 0 radical (unpaired) electrons. The van der Waals surface area contributed by atoms with Gasteiger partial charge in [0.05, 0.1) is 17.1 Å². The summed E-state index contributed by atoms with van der Waals surface area (Å²) in [7, 11) is 0. The maximum atomic E-state index is 11.8. The van der Waals surface area contributed by atoms with Crippen molar-refractivity contribution in [3.63, 3.8) is 0 Å². The number of nitrogens with two attached hydrogens (primary N) is 1. The Morgan fingerprint density at radius 1 is 1.00 bits per heavy atom. The van der Waals surface area contributed by atoms with E-state index in [0.717, 1.165) is 21.2 Å². The van der Waals surface area contributed by atoms with Gasteiger partial charge in [-0.05, 0) is 30.3 Å². The normalized spacial score (nSPS) is 12.4. The standard InChI is InChI=1S/C18H13N3O2S/c19-17(22)12-9-11(10-20-18(12)23)21-13-5-1-3-7-15(13)24-16-8-4-2-6-14(16)21/h1-10H,(H2,19,22)(H,20,23). The lowest BCUT2D eigenvalue weighted by atomic mass is 10.1. The zero-order chi connectivity index (χ0) is 16.7. The van der Waals surface area contributed by atoms with Crippen LogP contribution in [-0.4, -0.2) is 10.9 Å². The predicted molar refractivity (Wildman–Crippen MR) is 94.4 cm³/mol. The Balaban J connectivity index is 1.97. The number of rotatable bonds is 2. The highest BCUT2D eigenvalue weighted by molar-refractivity contribution is 7.99. The molecule has 1 aliphatic heterocycles. The Morgan fingerprint density at radius 3 is 2.17 bits per heavy atom. The van der Waals surface area contributed by atoms with Crippen LogP contribution >= 0.6 is 11.8 Å². The third kappa shape index (κ3) is 2.28. The van der Waals surface area contributed by atoms with Crippen molar-refractivity contribution in [3.05, 3.63) is 76.7 Å². The Kier molecular flexibility index (Phi) is 3.39. The quantitative estimate of drug-likeness (QED) is 0.588. The van der Waals surface area contributed by atoms with Crippen LogP contribution in [0, 0.1) is 0 Å². The van der Waals surface area contributed by atoms with Crippen LogP contribution in [0.1, 0.15) is 10.4 Å². The zero-order valence-electron chi connectivity index (χ0n) is 12.5. The number of primary amides is 1. The molecule has 3 N–H and O–H groups in total. The number of para-hydroxylation sites is 2. The molecule has 2 aromatic carbocycles. The molecule has 4 rings (SSSR count). The fourth-order valence-corrected chi connectivity index (χ4v) is 3.83. The average molecular weight is 335 g/mol. The maximum Gasteiger partial charge on any atom is 0.260 e. The third-order valence-corrected chi connectivity index (χ3v) is 4.97. The first-order valence-corrected chi connectivity index (χ1v) is 8.15. The number of pyridine rings is 1. The molecule has 6 heteroatoms. The van der Waals surface area contributed by atoms with Crippen molar-refractivity contribution in [2.75, 3.05) is 4.90 Å². The molecule has 0 fully saturated rings. The van der Waals surface area contributed by atoms with Gasteiger partial charge in [0.1, 0.15) is 5.56 Å². The number of anilines is 3. The first-order valence-electron chi connectivity index (χ1n) is 7.34. The van der Waals surface area contributed by atoms with Crippen LogP contribution in [0.2, 0.25) is 0 Å². The second-order valence-electron chi connectivity index (χ2n) is 5.34. The summed E-state index contributed by atoms with van der Waals surface area (Å²) in [4.78, 5) is 30.2. The molecule has 0 atom stereocenters. The number of carbonyl (C=O) groups is 1. The van der Waals surface area contributed by atoms with Crippen LogP contribution in [0.25, 0.3) is 0 Å². The minimum absolute atomic E-state index is 0.0549. The van der Waals surface area contributed by atoms with Crippen molar-refractivity contribution >= 4 is 34.7 Å². The number of aromatic nitrogens is 1. The van der Waals surface area contributed by atoms with Gasteiger partial charge in [0, 0.05) is 16.0 Å². The summed E-state index contributed by atoms with van der Waals surface area (Å²) < 4.78 is 0. The van der Waals surface area contributed by atoms with Gasteiger partial charge in [0.2, 0.25) is 0 Å². The van der Waals surface area contributed by atoms with E-state index in [0.29, 0.717) is 5.69 Å². The Hall–Kier alpha value is -2.99. The Morgan fingerprint density at radius 2 is 1.58 bits per heavy atom. The molecule has 0 saturated heterocycles. The number of aromatic amines is 1. The van der Waals surface area contributed by atoms with Gasteiger partial charge < -0.3 is 15.6 Å². The van der Waals surface area contributed by atoms with Crippen LogP contribution in [0.15, 0.2) is 75.4 Å². The van der Waals surface area contributed by atoms with E-state index >= 15 is 0 Å². The smallest absolute Gasteiger partial charge is 0.260 e.